The van der Waals surface area contributed by atoms with E-state index in [0.29, 0.717) is 0 Å². The highest BCUT2D eigenvalue weighted by molar-refractivity contribution is 9.10. The maximum atomic E-state index is 13.1. The van der Waals surface area contributed by atoms with Gasteiger partial charge >= 0.3 is 5.97 Å². The van der Waals surface area contributed by atoms with Crippen molar-refractivity contribution in [2.75, 3.05) is 7.11 Å². The van der Waals surface area contributed by atoms with E-state index in [4.69, 9.17) is 11.6 Å². The largest absolute Gasteiger partial charge is 0.465 e. The van der Waals surface area contributed by atoms with E-state index in [0.717, 1.165) is 13.2 Å². The van der Waals surface area contributed by atoms with Crippen molar-refractivity contribution in [3.8, 4) is 0 Å². The van der Waals surface area contributed by atoms with Crippen LogP contribution in [0.15, 0.2) is 10.5 Å². The third-order valence-corrected chi connectivity index (χ3v) is 2.81. The number of rotatable bonds is 1. The van der Waals surface area contributed by atoms with Crippen LogP contribution in [-0.4, -0.2) is 13.1 Å². The SMILES string of the molecule is COC(=O)c1cc(Cl)c(Br)c(F)c1F. The first kappa shape index (κ1) is 11.4. The summed E-state index contributed by atoms with van der Waals surface area (Å²) in [5, 5.41) is -0.0932. The second-order valence-corrected chi connectivity index (χ2v) is 3.54. The Hall–Kier alpha value is -0.680. The van der Waals surface area contributed by atoms with Gasteiger partial charge in [0.1, 0.15) is 0 Å². The van der Waals surface area contributed by atoms with Crippen LogP contribution in [0, 0.1) is 11.6 Å². The summed E-state index contributed by atoms with van der Waals surface area (Å²) < 4.78 is 30.2. The molecular formula is C8H4BrClF2O2. The Kier molecular flexibility index (Phi) is 3.44. The Morgan fingerprint density at radius 2 is 2.07 bits per heavy atom. The quantitative estimate of drug-likeness (QED) is 0.450. The first-order chi connectivity index (χ1) is 6.49. The van der Waals surface area contributed by atoms with Crippen LogP contribution in [0.25, 0.3) is 0 Å². The van der Waals surface area contributed by atoms with Gasteiger partial charge in [-0.05, 0) is 22.0 Å². The molecule has 0 saturated carbocycles. The van der Waals surface area contributed by atoms with Crippen LogP contribution in [0.3, 0.4) is 0 Å². The molecular weight excluding hydrogens is 281 g/mol. The predicted molar refractivity (Wildman–Crippen MR) is 50.4 cm³/mol. The maximum Gasteiger partial charge on any atom is 0.341 e. The van der Waals surface area contributed by atoms with E-state index in [9.17, 15) is 13.6 Å². The van der Waals surface area contributed by atoms with Gasteiger partial charge in [-0.15, -0.1) is 0 Å². The molecule has 6 heteroatoms. The smallest absolute Gasteiger partial charge is 0.341 e. The lowest BCUT2D eigenvalue weighted by atomic mass is 10.2. The minimum atomic E-state index is -1.28. The fourth-order valence-corrected chi connectivity index (χ4v) is 1.31. The molecule has 0 radical (unpaired) electrons. The summed E-state index contributed by atoms with van der Waals surface area (Å²) in [5.41, 5.74) is -0.529. The van der Waals surface area contributed by atoms with E-state index < -0.39 is 23.2 Å². The van der Waals surface area contributed by atoms with Crippen molar-refractivity contribution in [2.45, 2.75) is 0 Å². The van der Waals surface area contributed by atoms with Crippen molar-refractivity contribution < 1.29 is 18.3 Å². The molecule has 0 fully saturated rings. The summed E-state index contributed by atoms with van der Waals surface area (Å²) in [4.78, 5) is 10.9. The first-order valence-electron chi connectivity index (χ1n) is 3.40. The van der Waals surface area contributed by atoms with Crippen molar-refractivity contribution in [3.63, 3.8) is 0 Å². The molecule has 0 saturated heterocycles. The molecule has 0 unspecified atom stereocenters. The molecule has 76 valence electrons. The van der Waals surface area contributed by atoms with Crippen LogP contribution in [0.2, 0.25) is 5.02 Å². The number of methoxy groups -OCH3 is 1. The summed E-state index contributed by atoms with van der Waals surface area (Å²) in [6, 6.07) is 0.996. The van der Waals surface area contributed by atoms with E-state index >= 15 is 0 Å². The van der Waals surface area contributed by atoms with E-state index in [2.05, 4.69) is 20.7 Å². The predicted octanol–water partition coefficient (Wildman–Crippen LogP) is 3.17. The number of carbonyl (C=O) groups is 1. The molecule has 0 heterocycles. The Morgan fingerprint density at radius 1 is 1.50 bits per heavy atom. The summed E-state index contributed by atoms with van der Waals surface area (Å²) in [7, 11) is 1.07. The Morgan fingerprint density at radius 3 is 2.57 bits per heavy atom. The molecule has 0 spiro atoms. The third kappa shape index (κ3) is 1.88. The zero-order valence-electron chi connectivity index (χ0n) is 6.91. The Bertz CT molecular complexity index is 395. The number of halogens is 4. The highest BCUT2D eigenvalue weighted by Crippen LogP contribution is 2.29. The summed E-state index contributed by atoms with van der Waals surface area (Å²) in [6.07, 6.45) is 0. The van der Waals surface area contributed by atoms with Crippen LogP contribution in [0.4, 0.5) is 8.78 Å². The molecule has 0 aliphatic rings. The van der Waals surface area contributed by atoms with Crippen LogP contribution in [-0.2, 0) is 4.74 Å². The summed E-state index contributed by atoms with van der Waals surface area (Å²) >= 11 is 8.27. The average molecular weight is 285 g/mol. The number of carbonyl (C=O) groups excluding carboxylic acids is 1. The van der Waals surface area contributed by atoms with Gasteiger partial charge in [0.05, 0.1) is 22.2 Å². The van der Waals surface area contributed by atoms with Gasteiger partial charge in [-0.2, -0.15) is 0 Å². The molecule has 0 N–H and O–H groups in total. The van der Waals surface area contributed by atoms with Gasteiger partial charge in [0.25, 0.3) is 0 Å². The van der Waals surface area contributed by atoms with Crippen LogP contribution >= 0.6 is 27.5 Å². The Balaban J connectivity index is 3.40. The van der Waals surface area contributed by atoms with E-state index in [1.807, 2.05) is 0 Å². The summed E-state index contributed by atoms with van der Waals surface area (Å²) in [5.74, 6) is -3.47. The zero-order valence-corrected chi connectivity index (χ0v) is 9.25. The van der Waals surface area contributed by atoms with E-state index in [1.54, 1.807) is 0 Å². The van der Waals surface area contributed by atoms with Gasteiger partial charge in [0.15, 0.2) is 11.6 Å². The minimum absolute atomic E-state index is 0.0932. The molecule has 0 aromatic heterocycles. The molecule has 2 nitrogen and oxygen atoms in total. The van der Waals surface area contributed by atoms with Gasteiger partial charge in [-0.1, -0.05) is 11.6 Å². The molecule has 1 rings (SSSR count). The lowest BCUT2D eigenvalue weighted by Crippen LogP contribution is -2.06. The molecule has 0 bridgehead atoms. The Labute approximate surface area is 91.9 Å². The second kappa shape index (κ2) is 4.23. The van der Waals surface area contributed by atoms with Crippen LogP contribution in [0.1, 0.15) is 10.4 Å². The second-order valence-electron chi connectivity index (χ2n) is 2.34. The monoisotopic (exact) mass is 284 g/mol. The lowest BCUT2D eigenvalue weighted by Gasteiger charge is -2.04. The molecule has 0 aliphatic heterocycles. The lowest BCUT2D eigenvalue weighted by molar-refractivity contribution is 0.0594. The van der Waals surface area contributed by atoms with Crippen molar-refractivity contribution in [1.82, 2.24) is 0 Å². The van der Waals surface area contributed by atoms with Crippen LogP contribution < -0.4 is 0 Å². The van der Waals surface area contributed by atoms with Gasteiger partial charge in [0.2, 0.25) is 0 Å². The number of hydrogen-bond acceptors (Lipinski definition) is 2. The average Bonchev–Trinajstić information content (AvgIpc) is 2.19. The van der Waals surface area contributed by atoms with Crippen LogP contribution in [0.5, 0.6) is 0 Å². The molecule has 0 aliphatic carbocycles. The van der Waals surface area contributed by atoms with Gasteiger partial charge in [-0.3, -0.25) is 0 Å². The maximum absolute atomic E-state index is 13.1. The number of benzene rings is 1. The van der Waals surface area contributed by atoms with Crippen molar-refractivity contribution in [3.05, 3.63) is 32.8 Å². The number of esters is 1. The highest BCUT2D eigenvalue weighted by atomic mass is 79.9. The van der Waals surface area contributed by atoms with E-state index in [-0.39, 0.29) is 9.50 Å². The molecule has 14 heavy (non-hydrogen) atoms. The summed E-state index contributed by atoms with van der Waals surface area (Å²) in [6.45, 7) is 0. The molecule has 0 atom stereocenters. The van der Waals surface area contributed by atoms with Crippen molar-refractivity contribution >= 4 is 33.5 Å². The standard InChI is InChI=1S/C8H4BrClF2O2/c1-14-8(13)3-2-4(10)5(9)7(12)6(3)11/h2H,1H3. The zero-order chi connectivity index (χ0) is 10.9. The molecule has 1 aromatic rings. The molecule has 0 amide bonds. The van der Waals surface area contributed by atoms with Gasteiger partial charge in [-0.25, -0.2) is 13.6 Å². The fourth-order valence-electron chi connectivity index (χ4n) is 0.831. The molecule has 1 aromatic carbocycles. The third-order valence-electron chi connectivity index (χ3n) is 1.51. The number of ether oxygens (including phenoxy) is 1. The fraction of sp³-hybridized carbons (Fsp3) is 0.125. The van der Waals surface area contributed by atoms with Gasteiger partial charge in [0, 0.05) is 0 Å². The topological polar surface area (TPSA) is 26.3 Å². The van der Waals surface area contributed by atoms with E-state index in [1.165, 1.54) is 0 Å². The minimum Gasteiger partial charge on any atom is -0.465 e. The van der Waals surface area contributed by atoms with Crippen molar-refractivity contribution in [2.24, 2.45) is 0 Å². The highest BCUT2D eigenvalue weighted by Gasteiger charge is 2.20. The van der Waals surface area contributed by atoms with Crippen molar-refractivity contribution in [1.29, 1.82) is 0 Å². The normalized spacial score (nSPS) is 10.1. The number of hydrogen-bond donors (Lipinski definition) is 0. The first-order valence-corrected chi connectivity index (χ1v) is 4.57. The van der Waals surface area contributed by atoms with Gasteiger partial charge < -0.3 is 4.74 Å².